The average molecular weight is 428 g/mol. The van der Waals surface area contributed by atoms with Crippen LogP contribution >= 0.6 is 31.9 Å². The third-order valence-electron chi connectivity index (χ3n) is 3.50. The lowest BCUT2D eigenvalue weighted by Crippen LogP contribution is -2.49. The zero-order valence-corrected chi connectivity index (χ0v) is 14.7. The highest BCUT2D eigenvalue weighted by Gasteiger charge is 2.38. The number of benzene rings is 1. The largest absolute Gasteiger partial charge is 0.399 e. The van der Waals surface area contributed by atoms with Gasteiger partial charge in [0, 0.05) is 14.6 Å². The fraction of sp³-hybridized carbons (Fsp3) is 0.500. The minimum absolute atomic E-state index is 0.103. The Morgan fingerprint density at radius 1 is 1.25 bits per heavy atom. The summed E-state index contributed by atoms with van der Waals surface area (Å²) in [5, 5.41) is 9.54. The number of hydrogen-bond donors (Lipinski definition) is 3. The van der Waals surface area contributed by atoms with Crippen LogP contribution in [0.5, 0.6) is 0 Å². The van der Waals surface area contributed by atoms with Crippen LogP contribution in [0.4, 0.5) is 5.69 Å². The normalized spacial score (nSPS) is 18.4. The van der Waals surface area contributed by atoms with Gasteiger partial charge < -0.3 is 10.8 Å². The molecule has 1 saturated carbocycles. The van der Waals surface area contributed by atoms with Gasteiger partial charge in [-0.2, -0.15) is 0 Å². The maximum atomic E-state index is 12.6. The Balaban J connectivity index is 2.41. The molecular formula is C12H16Br2N2O3S. The summed E-state index contributed by atoms with van der Waals surface area (Å²) in [5.74, 6) is 0. The third-order valence-corrected chi connectivity index (χ3v) is 6.96. The van der Waals surface area contributed by atoms with Crippen LogP contribution in [-0.2, 0) is 10.0 Å². The molecule has 0 aromatic heterocycles. The Morgan fingerprint density at radius 2 is 1.75 bits per heavy atom. The summed E-state index contributed by atoms with van der Waals surface area (Å²) in [5.41, 5.74) is 5.38. The SMILES string of the molecule is Nc1cc(Br)c(S(=O)(=O)NC2(CO)CCCC2)c(Br)c1. The Bertz CT molecular complexity index is 590. The minimum atomic E-state index is -3.75. The number of nitrogen functional groups attached to an aromatic ring is 1. The predicted octanol–water partition coefficient (Wildman–Crippen LogP) is 2.38. The number of anilines is 1. The first-order valence-electron chi connectivity index (χ1n) is 6.19. The first-order valence-corrected chi connectivity index (χ1v) is 9.26. The zero-order chi connectivity index (χ0) is 15.0. The summed E-state index contributed by atoms with van der Waals surface area (Å²) in [6, 6.07) is 3.08. The summed E-state index contributed by atoms with van der Waals surface area (Å²) in [7, 11) is -3.75. The van der Waals surface area contributed by atoms with Crippen molar-refractivity contribution in [3.8, 4) is 0 Å². The van der Waals surface area contributed by atoms with Crippen LogP contribution < -0.4 is 10.5 Å². The Hall–Kier alpha value is -0.150. The molecule has 0 spiro atoms. The maximum Gasteiger partial charge on any atom is 0.243 e. The number of aliphatic hydroxyl groups excluding tert-OH is 1. The molecule has 0 amide bonds. The van der Waals surface area contributed by atoms with E-state index in [1.54, 1.807) is 12.1 Å². The van der Waals surface area contributed by atoms with E-state index >= 15 is 0 Å². The van der Waals surface area contributed by atoms with Gasteiger partial charge in [0.05, 0.1) is 12.1 Å². The van der Waals surface area contributed by atoms with E-state index in [2.05, 4.69) is 36.6 Å². The van der Waals surface area contributed by atoms with Crippen LogP contribution in [0.3, 0.4) is 0 Å². The van der Waals surface area contributed by atoms with Gasteiger partial charge in [-0.3, -0.25) is 0 Å². The topological polar surface area (TPSA) is 92.4 Å². The van der Waals surface area contributed by atoms with Gasteiger partial charge in [0.1, 0.15) is 4.90 Å². The van der Waals surface area contributed by atoms with Crippen LogP contribution in [0.25, 0.3) is 0 Å². The lowest BCUT2D eigenvalue weighted by molar-refractivity contribution is 0.185. The summed E-state index contributed by atoms with van der Waals surface area (Å²) >= 11 is 6.46. The number of nitrogens with two attached hydrogens (primary N) is 1. The molecule has 1 aromatic rings. The van der Waals surface area contributed by atoms with E-state index in [0.29, 0.717) is 27.5 Å². The van der Waals surface area contributed by atoms with Crippen molar-refractivity contribution in [2.45, 2.75) is 36.1 Å². The van der Waals surface area contributed by atoms with Gasteiger partial charge in [-0.05, 0) is 56.8 Å². The molecule has 0 atom stereocenters. The van der Waals surface area contributed by atoms with Crippen LogP contribution in [0.1, 0.15) is 25.7 Å². The molecule has 112 valence electrons. The van der Waals surface area contributed by atoms with Crippen molar-refractivity contribution in [1.29, 1.82) is 0 Å². The van der Waals surface area contributed by atoms with Gasteiger partial charge in [0.2, 0.25) is 10.0 Å². The Morgan fingerprint density at radius 3 is 2.20 bits per heavy atom. The molecule has 0 aliphatic heterocycles. The van der Waals surface area contributed by atoms with Crippen molar-refractivity contribution in [1.82, 2.24) is 4.72 Å². The predicted molar refractivity (Wildman–Crippen MR) is 84.9 cm³/mol. The average Bonchev–Trinajstić information content (AvgIpc) is 2.75. The van der Waals surface area contributed by atoms with Crippen LogP contribution in [-0.4, -0.2) is 25.7 Å². The van der Waals surface area contributed by atoms with Gasteiger partial charge in [0.25, 0.3) is 0 Å². The van der Waals surface area contributed by atoms with Crippen LogP contribution in [0.2, 0.25) is 0 Å². The molecule has 1 aromatic carbocycles. The van der Waals surface area contributed by atoms with Crippen molar-refractivity contribution >= 4 is 47.6 Å². The molecule has 5 nitrogen and oxygen atoms in total. The van der Waals surface area contributed by atoms with Crippen LogP contribution in [0, 0.1) is 0 Å². The monoisotopic (exact) mass is 426 g/mol. The van der Waals surface area contributed by atoms with E-state index in [1.165, 1.54) is 0 Å². The van der Waals surface area contributed by atoms with Gasteiger partial charge in [-0.25, -0.2) is 13.1 Å². The van der Waals surface area contributed by atoms with Crippen molar-refractivity contribution in [2.75, 3.05) is 12.3 Å². The molecule has 0 unspecified atom stereocenters. The Labute approximate surface area is 135 Å². The summed E-state index contributed by atoms with van der Waals surface area (Å²) < 4.78 is 28.6. The molecule has 8 heteroatoms. The van der Waals surface area contributed by atoms with E-state index in [9.17, 15) is 13.5 Å². The van der Waals surface area contributed by atoms with Crippen molar-refractivity contribution < 1.29 is 13.5 Å². The molecule has 1 aliphatic carbocycles. The van der Waals surface area contributed by atoms with E-state index in [0.717, 1.165) is 12.8 Å². The quantitative estimate of drug-likeness (QED) is 0.643. The van der Waals surface area contributed by atoms with Gasteiger partial charge >= 0.3 is 0 Å². The standard InChI is InChI=1S/C12H16Br2N2O3S/c13-9-5-8(15)6-10(14)11(9)20(18,19)16-12(7-17)3-1-2-4-12/h5-6,16-17H,1-4,7,15H2. The first-order chi connectivity index (χ1) is 9.30. The van der Waals surface area contributed by atoms with Gasteiger partial charge in [-0.1, -0.05) is 12.8 Å². The van der Waals surface area contributed by atoms with Crippen molar-refractivity contribution in [3.05, 3.63) is 21.1 Å². The third kappa shape index (κ3) is 3.19. The van der Waals surface area contributed by atoms with Crippen LogP contribution in [0.15, 0.2) is 26.0 Å². The molecule has 20 heavy (non-hydrogen) atoms. The minimum Gasteiger partial charge on any atom is -0.399 e. The number of nitrogens with one attached hydrogen (secondary N) is 1. The highest BCUT2D eigenvalue weighted by molar-refractivity contribution is 9.11. The second kappa shape index (κ2) is 5.92. The molecular weight excluding hydrogens is 412 g/mol. The molecule has 0 saturated heterocycles. The number of hydrogen-bond acceptors (Lipinski definition) is 4. The summed E-state index contributed by atoms with van der Waals surface area (Å²) in [4.78, 5) is 0.103. The second-order valence-corrected chi connectivity index (χ2v) is 8.39. The number of aliphatic hydroxyl groups is 1. The highest BCUT2D eigenvalue weighted by Crippen LogP contribution is 2.35. The Kier molecular flexibility index (Phi) is 4.80. The molecule has 4 N–H and O–H groups in total. The lowest BCUT2D eigenvalue weighted by Gasteiger charge is -2.28. The fourth-order valence-electron chi connectivity index (χ4n) is 2.52. The summed E-state index contributed by atoms with van der Waals surface area (Å²) in [6.45, 7) is -0.198. The smallest absolute Gasteiger partial charge is 0.243 e. The van der Waals surface area contributed by atoms with E-state index in [-0.39, 0.29) is 11.5 Å². The summed E-state index contributed by atoms with van der Waals surface area (Å²) in [6.07, 6.45) is 3.11. The lowest BCUT2D eigenvalue weighted by atomic mass is 10.0. The number of sulfonamides is 1. The highest BCUT2D eigenvalue weighted by atomic mass is 79.9. The molecule has 1 aliphatic rings. The van der Waals surface area contributed by atoms with E-state index in [1.807, 2.05) is 0 Å². The molecule has 2 rings (SSSR count). The number of halogens is 2. The molecule has 0 radical (unpaired) electrons. The van der Waals surface area contributed by atoms with Crippen molar-refractivity contribution in [3.63, 3.8) is 0 Å². The maximum absolute atomic E-state index is 12.6. The van der Waals surface area contributed by atoms with Gasteiger partial charge in [-0.15, -0.1) is 0 Å². The molecule has 0 heterocycles. The van der Waals surface area contributed by atoms with Gasteiger partial charge in [0.15, 0.2) is 0 Å². The number of rotatable bonds is 4. The first kappa shape index (κ1) is 16.2. The van der Waals surface area contributed by atoms with E-state index in [4.69, 9.17) is 5.73 Å². The molecule has 1 fully saturated rings. The van der Waals surface area contributed by atoms with E-state index < -0.39 is 15.6 Å². The molecule has 0 bridgehead atoms. The zero-order valence-electron chi connectivity index (χ0n) is 10.7. The fourth-order valence-corrected chi connectivity index (χ4v) is 6.59. The second-order valence-electron chi connectivity index (χ2n) is 5.06. The van der Waals surface area contributed by atoms with Crippen molar-refractivity contribution in [2.24, 2.45) is 0 Å².